The number of rotatable bonds is 7. The van der Waals surface area contributed by atoms with Gasteiger partial charge in [-0.25, -0.2) is 14.6 Å². The van der Waals surface area contributed by atoms with E-state index >= 15 is 0 Å². The van der Waals surface area contributed by atoms with Crippen LogP contribution in [0.1, 0.15) is 43.2 Å². The molecule has 1 aliphatic rings. The van der Waals surface area contributed by atoms with Crippen LogP contribution in [-0.4, -0.2) is 61.6 Å². The highest BCUT2D eigenvalue weighted by atomic mass is 16.7. The highest BCUT2D eigenvalue weighted by molar-refractivity contribution is 5.98. The Hall–Kier alpha value is -3.66. The maximum atomic E-state index is 13.1. The molecule has 36 heavy (non-hydrogen) atoms. The van der Waals surface area contributed by atoms with Gasteiger partial charge < -0.3 is 29.0 Å². The molecule has 10 heteroatoms. The molecule has 0 radical (unpaired) electrons. The molecule has 0 saturated carbocycles. The molecule has 0 bridgehead atoms. The Balaban J connectivity index is 1.72. The number of nitrogens with zero attached hydrogens (tertiary/aromatic N) is 1. The van der Waals surface area contributed by atoms with Gasteiger partial charge in [0.05, 0.1) is 25.9 Å². The predicted octanol–water partition coefficient (Wildman–Crippen LogP) is 3.32. The summed E-state index contributed by atoms with van der Waals surface area (Å²) in [4.78, 5) is 42.0. The molecule has 1 amide bonds. The van der Waals surface area contributed by atoms with Gasteiger partial charge in [-0.3, -0.25) is 4.79 Å². The number of cyclic esters (lactones) is 1. The summed E-state index contributed by atoms with van der Waals surface area (Å²) in [6, 6.07) is 10.4. The first-order valence-electron chi connectivity index (χ1n) is 11.8. The number of aromatic nitrogens is 1. The molecule has 0 spiro atoms. The fraction of sp³-hybridized carbons (Fsp3) is 0.462. The van der Waals surface area contributed by atoms with Gasteiger partial charge in [-0.15, -0.1) is 0 Å². The lowest BCUT2D eigenvalue weighted by atomic mass is 9.95. The number of esters is 1. The Morgan fingerprint density at radius 1 is 1.17 bits per heavy atom. The summed E-state index contributed by atoms with van der Waals surface area (Å²) < 4.78 is 26.8. The van der Waals surface area contributed by atoms with Gasteiger partial charge in [0, 0.05) is 18.9 Å². The molecule has 0 aliphatic carbocycles. The summed E-state index contributed by atoms with van der Waals surface area (Å²) in [5.74, 6) is -1.38. The molecule has 1 fully saturated rings. The molecule has 1 aromatic carbocycles. The van der Waals surface area contributed by atoms with Crippen LogP contribution in [0.5, 0.6) is 11.5 Å². The van der Waals surface area contributed by atoms with E-state index in [9.17, 15) is 14.4 Å². The van der Waals surface area contributed by atoms with Gasteiger partial charge in [0.25, 0.3) is 5.91 Å². The molecular formula is C26H32N2O8. The SMILES string of the molecule is COc1ccnc(C(=O)N[C@H]2COCC(Cc3ccccc3)CC(C)OC2=O)c1OC(=O)OC(C)C. The summed E-state index contributed by atoms with van der Waals surface area (Å²) in [5.41, 5.74) is 0.916. The quantitative estimate of drug-likeness (QED) is 0.570. The maximum Gasteiger partial charge on any atom is 0.514 e. The van der Waals surface area contributed by atoms with Crippen molar-refractivity contribution in [3.05, 3.63) is 53.9 Å². The lowest BCUT2D eigenvalue weighted by Gasteiger charge is -2.20. The van der Waals surface area contributed by atoms with Gasteiger partial charge in [-0.2, -0.15) is 0 Å². The average Bonchev–Trinajstić information content (AvgIpc) is 2.88. The van der Waals surface area contributed by atoms with Crippen LogP contribution in [0.4, 0.5) is 4.79 Å². The summed E-state index contributed by atoms with van der Waals surface area (Å²) in [7, 11) is 1.36. The van der Waals surface area contributed by atoms with Crippen molar-refractivity contribution < 1.29 is 38.1 Å². The van der Waals surface area contributed by atoms with Gasteiger partial charge in [0.15, 0.2) is 17.5 Å². The first kappa shape index (κ1) is 26.9. The Kier molecular flexibility index (Phi) is 9.63. The number of ether oxygens (including phenoxy) is 5. The molecular weight excluding hydrogens is 468 g/mol. The zero-order chi connectivity index (χ0) is 26.1. The van der Waals surface area contributed by atoms with Gasteiger partial charge in [0.2, 0.25) is 5.75 Å². The summed E-state index contributed by atoms with van der Waals surface area (Å²) in [6.07, 6.45) is 0.898. The number of pyridine rings is 1. The van der Waals surface area contributed by atoms with Crippen molar-refractivity contribution in [1.29, 1.82) is 0 Å². The van der Waals surface area contributed by atoms with E-state index in [0.717, 1.165) is 6.42 Å². The van der Waals surface area contributed by atoms with Crippen LogP contribution < -0.4 is 14.8 Å². The van der Waals surface area contributed by atoms with Gasteiger partial charge in [-0.1, -0.05) is 30.3 Å². The topological polar surface area (TPSA) is 122 Å². The normalized spacial score (nSPS) is 20.4. The summed E-state index contributed by atoms with van der Waals surface area (Å²) >= 11 is 0. The smallest absolute Gasteiger partial charge is 0.493 e. The predicted molar refractivity (Wildman–Crippen MR) is 129 cm³/mol. The standard InChI is InChI=1S/C26H32N2O8/c1-16(2)34-26(31)36-23-21(32-4)10-11-27-22(23)24(29)28-20-15-33-14-19(12-17(3)35-25(20)30)13-18-8-6-5-7-9-18/h5-11,16-17,19-20H,12-15H2,1-4H3,(H,28,29)/t17?,19?,20-/m0/s1. The molecule has 194 valence electrons. The number of hydrogen-bond acceptors (Lipinski definition) is 9. The Morgan fingerprint density at radius 2 is 1.92 bits per heavy atom. The van der Waals surface area contributed by atoms with Crippen LogP contribution in [0.25, 0.3) is 0 Å². The zero-order valence-electron chi connectivity index (χ0n) is 20.9. The van der Waals surface area contributed by atoms with E-state index < -0.39 is 30.2 Å². The lowest BCUT2D eigenvalue weighted by Crippen LogP contribution is -2.45. The number of amides is 1. The van der Waals surface area contributed by atoms with Crippen LogP contribution in [-0.2, 0) is 25.4 Å². The fourth-order valence-corrected chi connectivity index (χ4v) is 3.85. The van der Waals surface area contributed by atoms with E-state index in [1.807, 2.05) is 37.3 Å². The van der Waals surface area contributed by atoms with Crippen LogP contribution in [0.3, 0.4) is 0 Å². The van der Waals surface area contributed by atoms with Crippen LogP contribution in [0.2, 0.25) is 0 Å². The molecule has 1 saturated heterocycles. The Morgan fingerprint density at radius 3 is 2.61 bits per heavy atom. The molecule has 2 unspecified atom stereocenters. The number of benzene rings is 1. The van der Waals surface area contributed by atoms with Gasteiger partial charge >= 0.3 is 12.1 Å². The van der Waals surface area contributed by atoms with Crippen molar-refractivity contribution in [2.24, 2.45) is 5.92 Å². The average molecular weight is 501 g/mol. The van der Waals surface area contributed by atoms with Crippen molar-refractivity contribution in [2.45, 2.75) is 51.9 Å². The number of carbonyl (C=O) groups is 3. The maximum absolute atomic E-state index is 13.1. The first-order chi connectivity index (χ1) is 17.3. The van der Waals surface area contributed by atoms with Crippen LogP contribution in [0, 0.1) is 5.92 Å². The van der Waals surface area contributed by atoms with E-state index in [1.54, 1.807) is 13.8 Å². The fourth-order valence-electron chi connectivity index (χ4n) is 3.85. The van der Waals surface area contributed by atoms with Gasteiger partial charge in [0.1, 0.15) is 0 Å². The molecule has 1 aliphatic heterocycles. The third-order valence-corrected chi connectivity index (χ3v) is 5.40. The van der Waals surface area contributed by atoms with E-state index in [1.165, 1.54) is 24.9 Å². The number of hydrogen-bond donors (Lipinski definition) is 1. The second kappa shape index (κ2) is 12.9. The molecule has 10 nitrogen and oxygen atoms in total. The Bertz CT molecular complexity index is 1040. The third-order valence-electron chi connectivity index (χ3n) is 5.40. The third kappa shape index (κ3) is 7.67. The number of carbonyl (C=O) groups excluding carboxylic acids is 3. The van der Waals surface area contributed by atoms with Crippen molar-refractivity contribution in [3.8, 4) is 11.5 Å². The van der Waals surface area contributed by atoms with E-state index in [0.29, 0.717) is 13.0 Å². The van der Waals surface area contributed by atoms with Crippen molar-refractivity contribution in [1.82, 2.24) is 10.3 Å². The monoisotopic (exact) mass is 500 g/mol. The minimum absolute atomic E-state index is 0.0852. The molecule has 1 aromatic heterocycles. The second-order valence-corrected chi connectivity index (χ2v) is 8.81. The second-order valence-electron chi connectivity index (χ2n) is 8.81. The van der Waals surface area contributed by atoms with Crippen LogP contribution in [0.15, 0.2) is 42.6 Å². The number of methoxy groups -OCH3 is 1. The highest BCUT2D eigenvalue weighted by Crippen LogP contribution is 2.30. The van der Waals surface area contributed by atoms with E-state index in [4.69, 9.17) is 23.7 Å². The largest absolute Gasteiger partial charge is 0.514 e. The zero-order valence-corrected chi connectivity index (χ0v) is 20.9. The number of nitrogens with one attached hydrogen (secondary N) is 1. The minimum Gasteiger partial charge on any atom is -0.493 e. The van der Waals surface area contributed by atoms with E-state index in [-0.39, 0.29) is 35.8 Å². The first-order valence-corrected chi connectivity index (χ1v) is 11.8. The molecule has 3 rings (SSSR count). The van der Waals surface area contributed by atoms with Crippen molar-refractivity contribution >= 4 is 18.0 Å². The van der Waals surface area contributed by atoms with E-state index in [2.05, 4.69) is 10.3 Å². The molecule has 2 heterocycles. The molecule has 2 aromatic rings. The highest BCUT2D eigenvalue weighted by Gasteiger charge is 2.31. The van der Waals surface area contributed by atoms with Crippen LogP contribution >= 0.6 is 0 Å². The molecule has 3 atom stereocenters. The summed E-state index contributed by atoms with van der Waals surface area (Å²) in [5, 5.41) is 2.58. The van der Waals surface area contributed by atoms with Crippen molar-refractivity contribution in [3.63, 3.8) is 0 Å². The molecule has 1 N–H and O–H groups in total. The lowest BCUT2D eigenvalue weighted by molar-refractivity contribution is -0.151. The Labute approximate surface area is 210 Å². The minimum atomic E-state index is -1.08. The van der Waals surface area contributed by atoms with Crippen molar-refractivity contribution in [2.75, 3.05) is 20.3 Å². The summed E-state index contributed by atoms with van der Waals surface area (Å²) in [6.45, 7) is 5.44. The van der Waals surface area contributed by atoms with Gasteiger partial charge in [-0.05, 0) is 45.1 Å².